The van der Waals surface area contributed by atoms with Crippen LogP contribution in [0.4, 0.5) is 0 Å². The van der Waals surface area contributed by atoms with Gasteiger partial charge in [0.1, 0.15) is 0 Å². The van der Waals surface area contributed by atoms with Crippen molar-refractivity contribution in [2.45, 2.75) is 26.8 Å². The zero-order valence-corrected chi connectivity index (χ0v) is 11.7. The van der Waals surface area contributed by atoms with E-state index in [9.17, 15) is 9.59 Å². The molecule has 6 nitrogen and oxygen atoms in total. The molecule has 0 radical (unpaired) electrons. The number of hydrogen-bond donors (Lipinski definition) is 2. The number of nitrogens with zero attached hydrogens (tertiary/aromatic N) is 2. The van der Waals surface area contributed by atoms with E-state index in [2.05, 4.69) is 18.8 Å². The highest BCUT2D eigenvalue weighted by atomic mass is 16.4. The van der Waals surface area contributed by atoms with Gasteiger partial charge in [-0.25, -0.2) is 0 Å². The summed E-state index contributed by atoms with van der Waals surface area (Å²) >= 11 is 0. The van der Waals surface area contributed by atoms with E-state index in [1.165, 1.54) is 4.90 Å². The molecular formula is C14H20N2O4. The molecule has 0 spiro atoms. The van der Waals surface area contributed by atoms with Crippen molar-refractivity contribution < 1.29 is 19.8 Å². The van der Waals surface area contributed by atoms with Gasteiger partial charge in [-0.3, -0.25) is 19.5 Å². The number of pyridine rings is 1. The lowest BCUT2D eigenvalue weighted by Gasteiger charge is -2.17. The van der Waals surface area contributed by atoms with Crippen molar-refractivity contribution in [3.05, 3.63) is 29.6 Å². The molecule has 1 aromatic heterocycles. The fourth-order valence-electron chi connectivity index (χ4n) is 1.93. The van der Waals surface area contributed by atoms with Gasteiger partial charge in [-0.2, -0.15) is 0 Å². The van der Waals surface area contributed by atoms with Gasteiger partial charge in [0.15, 0.2) is 0 Å². The molecule has 1 rings (SSSR count). The third-order valence-corrected chi connectivity index (χ3v) is 2.59. The van der Waals surface area contributed by atoms with Gasteiger partial charge in [-0.15, -0.1) is 0 Å². The number of carboxylic acids is 2. The fraction of sp³-hybridized carbons (Fsp3) is 0.500. The van der Waals surface area contributed by atoms with Gasteiger partial charge in [-0.05, 0) is 24.5 Å². The summed E-state index contributed by atoms with van der Waals surface area (Å²) in [6, 6.07) is 5.56. The summed E-state index contributed by atoms with van der Waals surface area (Å²) < 4.78 is 0. The molecule has 0 aliphatic heterocycles. The second kappa shape index (κ2) is 7.59. The third kappa shape index (κ3) is 6.29. The van der Waals surface area contributed by atoms with E-state index in [0.29, 0.717) is 11.6 Å². The van der Waals surface area contributed by atoms with E-state index in [4.69, 9.17) is 10.2 Å². The molecule has 1 aromatic rings. The molecule has 0 aliphatic carbocycles. The van der Waals surface area contributed by atoms with Crippen molar-refractivity contribution in [2.24, 2.45) is 5.92 Å². The predicted octanol–water partition coefficient (Wildman–Crippen LogP) is 1.25. The Morgan fingerprint density at radius 3 is 2.20 bits per heavy atom. The molecule has 0 unspecified atom stereocenters. The molecular weight excluding hydrogens is 260 g/mol. The van der Waals surface area contributed by atoms with Crippen LogP contribution in [0.5, 0.6) is 0 Å². The first-order valence-corrected chi connectivity index (χ1v) is 6.47. The molecule has 20 heavy (non-hydrogen) atoms. The van der Waals surface area contributed by atoms with Crippen molar-refractivity contribution in [3.8, 4) is 0 Å². The van der Waals surface area contributed by atoms with Gasteiger partial charge in [0.25, 0.3) is 0 Å². The Labute approximate surface area is 118 Å². The number of hydrogen-bond acceptors (Lipinski definition) is 4. The second-order valence-electron chi connectivity index (χ2n) is 5.15. The maximum absolute atomic E-state index is 10.7. The van der Waals surface area contributed by atoms with Gasteiger partial charge in [0, 0.05) is 12.2 Å². The third-order valence-electron chi connectivity index (χ3n) is 2.59. The minimum atomic E-state index is -1.05. The Hall–Kier alpha value is -1.95. The Kier molecular flexibility index (Phi) is 6.11. The normalized spacial score (nSPS) is 11.0. The maximum atomic E-state index is 10.7. The molecule has 110 valence electrons. The molecule has 0 saturated heterocycles. The van der Waals surface area contributed by atoms with Crippen molar-refractivity contribution in [1.29, 1.82) is 0 Å². The summed E-state index contributed by atoms with van der Waals surface area (Å²) in [6.07, 6.45) is 0.839. The van der Waals surface area contributed by atoms with E-state index < -0.39 is 11.9 Å². The number of aromatic nitrogens is 1. The number of carbonyl (C=O) groups is 2. The highest BCUT2D eigenvalue weighted by molar-refractivity contribution is 5.72. The lowest BCUT2D eigenvalue weighted by molar-refractivity contribution is -0.142. The number of aliphatic carboxylic acids is 2. The lowest BCUT2D eigenvalue weighted by Crippen LogP contribution is -2.34. The topological polar surface area (TPSA) is 90.7 Å². The van der Waals surface area contributed by atoms with Crippen LogP contribution in [0.15, 0.2) is 18.2 Å². The molecule has 1 heterocycles. The van der Waals surface area contributed by atoms with Crippen molar-refractivity contribution in [2.75, 3.05) is 13.1 Å². The van der Waals surface area contributed by atoms with Crippen LogP contribution in [0.25, 0.3) is 0 Å². The summed E-state index contributed by atoms with van der Waals surface area (Å²) in [5, 5.41) is 17.6. The van der Waals surface area contributed by atoms with Gasteiger partial charge >= 0.3 is 11.9 Å². The molecule has 0 fully saturated rings. The first-order valence-electron chi connectivity index (χ1n) is 6.47. The van der Waals surface area contributed by atoms with Crippen LogP contribution in [-0.4, -0.2) is 45.1 Å². The van der Waals surface area contributed by atoms with E-state index in [1.54, 1.807) is 6.07 Å². The summed E-state index contributed by atoms with van der Waals surface area (Å²) in [5.74, 6) is -1.62. The van der Waals surface area contributed by atoms with Gasteiger partial charge in [-0.1, -0.05) is 19.9 Å². The first-order chi connectivity index (χ1) is 9.36. The molecule has 6 heteroatoms. The molecule has 0 saturated carbocycles. The first kappa shape index (κ1) is 16.1. The average molecular weight is 280 g/mol. The van der Waals surface area contributed by atoms with Gasteiger partial charge < -0.3 is 10.2 Å². The van der Waals surface area contributed by atoms with Gasteiger partial charge in [0.2, 0.25) is 0 Å². The van der Waals surface area contributed by atoms with Crippen LogP contribution in [-0.2, 0) is 22.6 Å². The monoisotopic (exact) mass is 280 g/mol. The minimum absolute atomic E-state index is 0.213. The molecule has 2 N–H and O–H groups in total. The lowest BCUT2D eigenvalue weighted by atomic mass is 10.1. The smallest absolute Gasteiger partial charge is 0.317 e. The van der Waals surface area contributed by atoms with Crippen molar-refractivity contribution in [3.63, 3.8) is 0 Å². The summed E-state index contributed by atoms with van der Waals surface area (Å²) in [6.45, 7) is 3.76. The summed E-state index contributed by atoms with van der Waals surface area (Å²) in [5.41, 5.74) is 1.62. The zero-order valence-electron chi connectivity index (χ0n) is 11.7. The van der Waals surface area contributed by atoms with Crippen LogP contribution in [0.1, 0.15) is 25.2 Å². The second-order valence-corrected chi connectivity index (χ2v) is 5.15. The SMILES string of the molecule is CC(C)Cc1cccc(CN(CC(=O)O)CC(=O)O)n1. The molecule has 0 atom stereocenters. The molecule has 0 bridgehead atoms. The largest absolute Gasteiger partial charge is 0.480 e. The van der Waals surface area contributed by atoms with Crippen molar-refractivity contribution >= 4 is 11.9 Å². The van der Waals surface area contributed by atoms with Crippen LogP contribution in [0, 0.1) is 5.92 Å². The standard InChI is InChI=1S/C14H20N2O4/c1-10(2)6-11-4-3-5-12(15-11)7-16(8-13(17)18)9-14(19)20/h3-5,10H,6-9H2,1-2H3,(H,17,18)(H,19,20). The Bertz CT molecular complexity index is 458. The van der Waals surface area contributed by atoms with Crippen LogP contribution in [0.2, 0.25) is 0 Å². The number of carboxylic acid groups (broad SMARTS) is 2. The Balaban J connectivity index is 2.76. The summed E-state index contributed by atoms with van der Waals surface area (Å²) in [7, 11) is 0. The van der Waals surface area contributed by atoms with Crippen molar-refractivity contribution in [1.82, 2.24) is 9.88 Å². The minimum Gasteiger partial charge on any atom is -0.480 e. The average Bonchev–Trinajstić information content (AvgIpc) is 2.26. The Morgan fingerprint density at radius 2 is 1.70 bits per heavy atom. The van der Waals surface area contributed by atoms with Crippen LogP contribution < -0.4 is 0 Å². The fourth-order valence-corrected chi connectivity index (χ4v) is 1.93. The Morgan fingerprint density at radius 1 is 1.15 bits per heavy atom. The molecule has 0 aromatic carbocycles. The van der Waals surface area contributed by atoms with E-state index in [-0.39, 0.29) is 19.6 Å². The van der Waals surface area contributed by atoms with E-state index >= 15 is 0 Å². The number of rotatable bonds is 8. The highest BCUT2D eigenvalue weighted by Crippen LogP contribution is 2.08. The van der Waals surface area contributed by atoms with Gasteiger partial charge in [0.05, 0.1) is 18.8 Å². The quantitative estimate of drug-likeness (QED) is 0.744. The highest BCUT2D eigenvalue weighted by Gasteiger charge is 2.14. The molecule has 0 amide bonds. The maximum Gasteiger partial charge on any atom is 0.317 e. The van der Waals surface area contributed by atoms with Crippen LogP contribution in [0.3, 0.4) is 0 Å². The zero-order chi connectivity index (χ0) is 15.1. The van der Waals surface area contributed by atoms with E-state index in [1.807, 2.05) is 12.1 Å². The summed E-state index contributed by atoms with van der Waals surface area (Å²) in [4.78, 5) is 27.3. The van der Waals surface area contributed by atoms with Crippen LogP contribution >= 0.6 is 0 Å². The van der Waals surface area contributed by atoms with E-state index in [0.717, 1.165) is 12.1 Å². The molecule has 0 aliphatic rings. The predicted molar refractivity (Wildman–Crippen MR) is 73.3 cm³/mol.